The second kappa shape index (κ2) is 11.6. The van der Waals surface area contributed by atoms with Crippen LogP contribution in [0.2, 0.25) is 5.02 Å². The number of nitrogens with one attached hydrogen (secondary N) is 1. The number of aromatic amines is 1. The van der Waals surface area contributed by atoms with E-state index in [1.165, 1.54) is 0 Å². The van der Waals surface area contributed by atoms with Gasteiger partial charge in [-0.1, -0.05) is 37.6 Å². The Balaban J connectivity index is 1.63. The van der Waals surface area contributed by atoms with Crippen LogP contribution in [0.3, 0.4) is 0 Å². The van der Waals surface area contributed by atoms with Crippen LogP contribution in [0.4, 0.5) is 0 Å². The van der Waals surface area contributed by atoms with Gasteiger partial charge in [-0.3, -0.25) is 14.9 Å². The van der Waals surface area contributed by atoms with Crippen LogP contribution in [0, 0.1) is 12.8 Å². The number of fused-ring (bicyclic) bond motifs is 1. The number of aryl methyl sites for hydroxylation is 1. The van der Waals surface area contributed by atoms with E-state index in [1.54, 1.807) is 29.4 Å². The summed E-state index contributed by atoms with van der Waals surface area (Å²) in [6.07, 6.45) is 4.38. The molecule has 2 aromatic carbocycles. The van der Waals surface area contributed by atoms with Crippen molar-refractivity contribution >= 4 is 17.5 Å². The molecule has 1 atom stereocenters. The van der Waals surface area contributed by atoms with Crippen LogP contribution in [0.15, 0.2) is 54.9 Å². The Morgan fingerprint density at radius 3 is 2.70 bits per heavy atom. The summed E-state index contributed by atoms with van der Waals surface area (Å²) in [7, 11) is 0. The van der Waals surface area contributed by atoms with Gasteiger partial charge in [-0.05, 0) is 73.2 Å². The second-order valence-corrected chi connectivity index (χ2v) is 10.8. The molecule has 0 saturated carbocycles. The number of hydrogen-bond donors (Lipinski definition) is 2. The highest BCUT2D eigenvalue weighted by atomic mass is 35.5. The number of halogens is 1. The van der Waals surface area contributed by atoms with E-state index < -0.39 is 6.04 Å². The fourth-order valence-electron chi connectivity index (χ4n) is 4.94. The number of nitrogens with zero attached hydrogens (tertiary/aromatic N) is 3. The lowest BCUT2D eigenvalue weighted by Gasteiger charge is -2.27. The number of H-pyrrole nitrogens is 1. The standard InChI is InChI=1S/C31H33ClN4O4/c1-5-39-26-14-21(8-9-25(26)40-12-10-18(2)3)30-27-28(22-15-23(32)19(4)13-24(22)37)34-35-29(27)31(38)36(30)17-20-7-6-11-33-16-20/h6-9,11,13-16,18,30,37H,5,10,12,17H2,1-4H3,(H,34,35). The highest BCUT2D eigenvalue weighted by molar-refractivity contribution is 6.31. The van der Waals surface area contributed by atoms with E-state index in [0.717, 1.165) is 23.1 Å². The zero-order valence-electron chi connectivity index (χ0n) is 23.1. The number of aromatic hydroxyl groups is 1. The smallest absolute Gasteiger partial charge is 0.273 e. The van der Waals surface area contributed by atoms with Gasteiger partial charge in [0.25, 0.3) is 5.91 Å². The molecule has 8 nitrogen and oxygen atoms in total. The number of benzene rings is 2. The molecule has 0 aliphatic carbocycles. The zero-order chi connectivity index (χ0) is 28.4. The first kappa shape index (κ1) is 27.5. The predicted octanol–water partition coefficient (Wildman–Crippen LogP) is 6.71. The molecule has 1 unspecified atom stereocenters. The monoisotopic (exact) mass is 560 g/mol. The minimum atomic E-state index is -0.514. The average Bonchev–Trinajstić information content (AvgIpc) is 3.46. The Morgan fingerprint density at radius 1 is 1.15 bits per heavy atom. The molecule has 1 aliphatic rings. The number of phenolic OH excluding ortho intramolecular Hbond substituents is 1. The Labute approximate surface area is 238 Å². The molecule has 2 aromatic heterocycles. The molecule has 0 saturated heterocycles. The van der Waals surface area contributed by atoms with Gasteiger partial charge in [0.15, 0.2) is 11.5 Å². The van der Waals surface area contributed by atoms with Crippen molar-refractivity contribution in [1.82, 2.24) is 20.1 Å². The van der Waals surface area contributed by atoms with E-state index in [1.807, 2.05) is 44.2 Å². The highest BCUT2D eigenvalue weighted by Gasteiger charge is 2.43. The number of hydrogen-bond acceptors (Lipinski definition) is 6. The van der Waals surface area contributed by atoms with Crippen molar-refractivity contribution in [2.45, 2.75) is 46.7 Å². The maximum Gasteiger partial charge on any atom is 0.273 e. The fourth-order valence-corrected chi connectivity index (χ4v) is 5.11. The Kier molecular flexibility index (Phi) is 7.98. The normalized spacial score (nSPS) is 14.6. The molecule has 0 bridgehead atoms. The molecular weight excluding hydrogens is 528 g/mol. The van der Waals surface area contributed by atoms with Crippen molar-refractivity contribution in [1.29, 1.82) is 0 Å². The lowest BCUT2D eigenvalue weighted by Crippen LogP contribution is -2.29. The summed E-state index contributed by atoms with van der Waals surface area (Å²) in [6.45, 7) is 9.43. The van der Waals surface area contributed by atoms with Crippen LogP contribution in [-0.4, -0.2) is 44.3 Å². The van der Waals surface area contributed by atoms with Gasteiger partial charge in [0, 0.05) is 35.1 Å². The number of carbonyl (C=O) groups is 1. The van der Waals surface area contributed by atoms with Crippen molar-refractivity contribution in [3.63, 3.8) is 0 Å². The Hall–Kier alpha value is -4.04. The van der Waals surface area contributed by atoms with E-state index in [9.17, 15) is 9.90 Å². The van der Waals surface area contributed by atoms with Crippen molar-refractivity contribution in [2.75, 3.05) is 13.2 Å². The van der Waals surface area contributed by atoms with Gasteiger partial charge in [0.2, 0.25) is 0 Å². The fraction of sp³-hybridized carbons (Fsp3) is 0.323. The summed E-state index contributed by atoms with van der Waals surface area (Å²) in [5, 5.41) is 18.8. The molecule has 208 valence electrons. The summed E-state index contributed by atoms with van der Waals surface area (Å²) in [5.74, 6) is 1.62. The van der Waals surface area contributed by atoms with Crippen molar-refractivity contribution in [3.05, 3.63) is 87.8 Å². The molecule has 0 fully saturated rings. The highest BCUT2D eigenvalue weighted by Crippen LogP contribution is 2.47. The Bertz CT molecular complexity index is 1520. The first-order chi connectivity index (χ1) is 19.3. The molecule has 2 N–H and O–H groups in total. The summed E-state index contributed by atoms with van der Waals surface area (Å²) in [5.41, 5.74) is 4.42. The van der Waals surface area contributed by atoms with Crippen molar-refractivity contribution in [3.8, 4) is 28.5 Å². The number of phenols is 1. The van der Waals surface area contributed by atoms with Gasteiger partial charge in [-0.15, -0.1) is 0 Å². The number of rotatable bonds is 10. The van der Waals surface area contributed by atoms with Crippen molar-refractivity contribution < 1.29 is 19.4 Å². The maximum absolute atomic E-state index is 13.8. The average molecular weight is 561 g/mol. The van der Waals surface area contributed by atoms with Gasteiger partial charge in [0.1, 0.15) is 17.1 Å². The van der Waals surface area contributed by atoms with Crippen LogP contribution in [0.1, 0.15) is 66.0 Å². The Morgan fingerprint density at radius 2 is 1.98 bits per heavy atom. The lowest BCUT2D eigenvalue weighted by atomic mass is 9.94. The zero-order valence-corrected chi connectivity index (χ0v) is 23.8. The quantitative estimate of drug-likeness (QED) is 0.224. The maximum atomic E-state index is 13.8. The molecule has 4 aromatic rings. The summed E-state index contributed by atoms with van der Waals surface area (Å²) < 4.78 is 12.1. The summed E-state index contributed by atoms with van der Waals surface area (Å²) in [6, 6.07) is 12.3. The lowest BCUT2D eigenvalue weighted by molar-refractivity contribution is 0.0729. The van der Waals surface area contributed by atoms with Crippen LogP contribution in [-0.2, 0) is 6.54 Å². The second-order valence-electron chi connectivity index (χ2n) is 10.3. The van der Waals surface area contributed by atoms with E-state index in [2.05, 4.69) is 29.0 Å². The van der Waals surface area contributed by atoms with E-state index >= 15 is 0 Å². The number of aromatic nitrogens is 3. The molecule has 1 amide bonds. The largest absolute Gasteiger partial charge is 0.507 e. The summed E-state index contributed by atoms with van der Waals surface area (Å²) in [4.78, 5) is 19.8. The molecule has 0 spiro atoms. The van der Waals surface area contributed by atoms with Crippen LogP contribution in [0.5, 0.6) is 17.2 Å². The topological polar surface area (TPSA) is 101 Å². The minimum absolute atomic E-state index is 0.0389. The van der Waals surface area contributed by atoms with Gasteiger partial charge >= 0.3 is 0 Å². The van der Waals surface area contributed by atoms with Crippen LogP contribution < -0.4 is 9.47 Å². The molecule has 1 aliphatic heterocycles. The molecule has 5 rings (SSSR count). The van der Waals surface area contributed by atoms with E-state index in [0.29, 0.717) is 64.7 Å². The number of amides is 1. The third-order valence-corrected chi connectivity index (χ3v) is 7.41. The first-order valence-electron chi connectivity index (χ1n) is 13.5. The van der Waals surface area contributed by atoms with E-state index in [4.69, 9.17) is 21.1 Å². The number of ether oxygens (including phenoxy) is 2. The first-order valence-corrected chi connectivity index (χ1v) is 13.8. The van der Waals surface area contributed by atoms with Gasteiger partial charge in [-0.2, -0.15) is 5.10 Å². The molecule has 9 heteroatoms. The minimum Gasteiger partial charge on any atom is -0.507 e. The number of pyridine rings is 1. The molecule has 40 heavy (non-hydrogen) atoms. The van der Waals surface area contributed by atoms with E-state index in [-0.39, 0.29) is 11.7 Å². The summed E-state index contributed by atoms with van der Waals surface area (Å²) >= 11 is 6.44. The number of carbonyl (C=O) groups excluding carboxylic acids is 1. The van der Waals surface area contributed by atoms with Gasteiger partial charge < -0.3 is 19.5 Å². The SMILES string of the molecule is CCOc1cc(C2c3c(-c4cc(Cl)c(C)cc4O)n[nH]c3C(=O)N2Cc2cccnc2)ccc1OCCC(C)C. The van der Waals surface area contributed by atoms with Crippen molar-refractivity contribution in [2.24, 2.45) is 5.92 Å². The third-order valence-electron chi connectivity index (χ3n) is 7.01. The molecular formula is C31H33ClN4O4. The van der Waals surface area contributed by atoms with Crippen LogP contribution >= 0.6 is 11.6 Å². The molecule has 3 heterocycles. The molecule has 0 radical (unpaired) electrons. The predicted molar refractivity (Wildman–Crippen MR) is 154 cm³/mol. The van der Waals surface area contributed by atoms with Gasteiger partial charge in [-0.25, -0.2) is 0 Å². The van der Waals surface area contributed by atoms with Gasteiger partial charge in [0.05, 0.1) is 19.3 Å². The third kappa shape index (κ3) is 5.36. The van der Waals surface area contributed by atoms with Crippen LogP contribution in [0.25, 0.3) is 11.3 Å².